The smallest absolute Gasteiger partial charge is 0.406 e. The van der Waals surface area contributed by atoms with E-state index in [-0.39, 0.29) is 24.8 Å². The number of nitrogens with zero attached hydrogens (tertiary/aromatic N) is 1. The van der Waals surface area contributed by atoms with E-state index in [1.54, 1.807) is 13.8 Å². The van der Waals surface area contributed by atoms with Gasteiger partial charge in [0.1, 0.15) is 5.75 Å². The van der Waals surface area contributed by atoms with E-state index in [1.807, 2.05) is 0 Å². The van der Waals surface area contributed by atoms with E-state index >= 15 is 0 Å². The van der Waals surface area contributed by atoms with Crippen LogP contribution in [-0.2, 0) is 16.4 Å². The van der Waals surface area contributed by atoms with Gasteiger partial charge in [-0.1, -0.05) is 12.1 Å². The minimum absolute atomic E-state index is 0.0438. The van der Waals surface area contributed by atoms with Crippen LogP contribution >= 0.6 is 0 Å². The van der Waals surface area contributed by atoms with Gasteiger partial charge in [-0.05, 0) is 31.5 Å². The minimum Gasteiger partial charge on any atom is -0.406 e. The molecule has 0 atom stereocenters. The van der Waals surface area contributed by atoms with E-state index in [1.165, 1.54) is 24.3 Å². The number of aliphatic imine (C=N–C) groups is 1. The van der Waals surface area contributed by atoms with Gasteiger partial charge >= 0.3 is 6.36 Å². The van der Waals surface area contributed by atoms with Crippen molar-refractivity contribution in [1.82, 2.24) is 5.32 Å². The number of hydrogen-bond donors (Lipinski definition) is 2. The SMILES string of the molecule is CC(C)(CNC(N)=NCc1ccc(OC(F)(F)F)cc1)S(C)(=O)=O. The number of benzene rings is 1. The number of nitrogens with two attached hydrogens (primary N) is 1. The summed E-state index contributed by atoms with van der Waals surface area (Å²) in [5, 5.41) is 2.72. The van der Waals surface area contributed by atoms with Gasteiger partial charge in [0.2, 0.25) is 0 Å². The summed E-state index contributed by atoms with van der Waals surface area (Å²) in [6, 6.07) is 5.21. The summed E-state index contributed by atoms with van der Waals surface area (Å²) >= 11 is 0. The lowest BCUT2D eigenvalue weighted by atomic mass is 10.2. The van der Waals surface area contributed by atoms with Crippen LogP contribution < -0.4 is 15.8 Å². The largest absolute Gasteiger partial charge is 0.573 e. The van der Waals surface area contributed by atoms with E-state index in [0.29, 0.717) is 5.56 Å². The molecule has 0 aliphatic rings. The zero-order valence-corrected chi connectivity index (χ0v) is 14.3. The molecule has 3 N–H and O–H groups in total. The number of guanidine groups is 1. The van der Waals surface area contributed by atoms with Crippen molar-refractivity contribution in [2.45, 2.75) is 31.5 Å². The first-order valence-corrected chi connectivity index (χ1v) is 8.77. The monoisotopic (exact) mass is 367 g/mol. The van der Waals surface area contributed by atoms with Gasteiger partial charge in [-0.15, -0.1) is 13.2 Å². The van der Waals surface area contributed by atoms with Crippen molar-refractivity contribution in [3.63, 3.8) is 0 Å². The number of alkyl halides is 3. The standard InChI is InChI=1S/C14H20F3N3O3S/c1-13(2,24(3,21)22)9-20-12(18)19-8-10-4-6-11(7-5-10)23-14(15,16)17/h4-7H,8-9H2,1-3H3,(H3,18,19,20). The molecule has 0 fully saturated rings. The summed E-state index contributed by atoms with van der Waals surface area (Å²) in [5.74, 6) is -0.279. The molecule has 0 aliphatic heterocycles. The van der Waals surface area contributed by atoms with Gasteiger partial charge in [0, 0.05) is 12.8 Å². The van der Waals surface area contributed by atoms with Crippen LogP contribution in [0.3, 0.4) is 0 Å². The van der Waals surface area contributed by atoms with Gasteiger partial charge in [0.15, 0.2) is 15.8 Å². The number of hydrogen-bond acceptors (Lipinski definition) is 4. The summed E-state index contributed by atoms with van der Waals surface area (Å²) in [5.41, 5.74) is 6.28. The van der Waals surface area contributed by atoms with Gasteiger partial charge in [-0.25, -0.2) is 13.4 Å². The Morgan fingerprint density at radius 2 is 1.79 bits per heavy atom. The van der Waals surface area contributed by atoms with Crippen molar-refractivity contribution in [1.29, 1.82) is 0 Å². The van der Waals surface area contributed by atoms with Crippen LogP contribution in [0.25, 0.3) is 0 Å². The Morgan fingerprint density at radius 3 is 2.25 bits per heavy atom. The fourth-order valence-corrected chi connectivity index (χ4v) is 1.80. The number of rotatable bonds is 6. The maximum atomic E-state index is 12.0. The molecule has 1 aromatic carbocycles. The molecule has 0 saturated heterocycles. The van der Waals surface area contributed by atoms with Crippen LogP contribution in [-0.4, -0.2) is 38.3 Å². The second-order valence-electron chi connectivity index (χ2n) is 5.78. The number of halogens is 3. The lowest BCUT2D eigenvalue weighted by Gasteiger charge is -2.22. The predicted molar refractivity (Wildman–Crippen MR) is 85.4 cm³/mol. The highest BCUT2D eigenvalue weighted by Gasteiger charge is 2.31. The lowest BCUT2D eigenvalue weighted by Crippen LogP contribution is -2.46. The number of sulfone groups is 1. The Kier molecular flexibility index (Phi) is 6.09. The molecule has 0 aromatic heterocycles. The third-order valence-electron chi connectivity index (χ3n) is 3.29. The summed E-state index contributed by atoms with van der Waals surface area (Å²) in [6.45, 7) is 3.33. The van der Waals surface area contributed by atoms with E-state index in [2.05, 4.69) is 15.0 Å². The van der Waals surface area contributed by atoms with Crippen molar-refractivity contribution < 1.29 is 26.3 Å². The molecule has 24 heavy (non-hydrogen) atoms. The summed E-state index contributed by atoms with van der Waals surface area (Å²) < 4.78 is 62.0. The average molecular weight is 367 g/mol. The molecular weight excluding hydrogens is 347 g/mol. The number of ether oxygens (including phenoxy) is 1. The molecule has 0 bridgehead atoms. The minimum atomic E-state index is -4.74. The third kappa shape index (κ3) is 6.65. The second-order valence-corrected chi connectivity index (χ2v) is 8.43. The molecule has 0 radical (unpaired) electrons. The molecule has 0 unspecified atom stereocenters. The quantitative estimate of drug-likeness (QED) is 0.591. The zero-order valence-electron chi connectivity index (χ0n) is 13.5. The van der Waals surface area contributed by atoms with Gasteiger partial charge in [0.05, 0.1) is 11.3 Å². The van der Waals surface area contributed by atoms with Gasteiger partial charge in [-0.3, -0.25) is 0 Å². The van der Waals surface area contributed by atoms with Crippen LogP contribution in [0.15, 0.2) is 29.3 Å². The molecule has 0 heterocycles. The first-order valence-electron chi connectivity index (χ1n) is 6.88. The highest BCUT2D eigenvalue weighted by atomic mass is 32.2. The van der Waals surface area contributed by atoms with Crippen LogP contribution in [0.5, 0.6) is 5.75 Å². The van der Waals surface area contributed by atoms with Gasteiger partial charge in [0.25, 0.3) is 0 Å². The van der Waals surface area contributed by atoms with E-state index in [0.717, 1.165) is 6.26 Å². The summed E-state index contributed by atoms with van der Waals surface area (Å²) in [6.07, 6.45) is -3.60. The van der Waals surface area contributed by atoms with Crippen molar-refractivity contribution in [3.05, 3.63) is 29.8 Å². The molecule has 0 aliphatic carbocycles. The second kappa shape index (κ2) is 7.29. The Bertz CT molecular complexity index is 683. The van der Waals surface area contributed by atoms with Crippen LogP contribution in [0.1, 0.15) is 19.4 Å². The fourth-order valence-electron chi connectivity index (χ4n) is 1.46. The molecule has 1 aromatic rings. The summed E-state index contributed by atoms with van der Waals surface area (Å²) in [7, 11) is -3.26. The van der Waals surface area contributed by atoms with Crippen molar-refractivity contribution in [2.24, 2.45) is 10.7 Å². The maximum absolute atomic E-state index is 12.0. The normalized spacial score (nSPS) is 13.7. The van der Waals surface area contributed by atoms with Crippen LogP contribution in [0.2, 0.25) is 0 Å². The van der Waals surface area contributed by atoms with E-state index in [4.69, 9.17) is 5.73 Å². The molecule has 10 heteroatoms. The average Bonchev–Trinajstić information content (AvgIpc) is 2.41. The lowest BCUT2D eigenvalue weighted by molar-refractivity contribution is -0.274. The molecule has 0 saturated carbocycles. The van der Waals surface area contributed by atoms with E-state index in [9.17, 15) is 21.6 Å². The van der Waals surface area contributed by atoms with Crippen molar-refractivity contribution in [3.8, 4) is 5.75 Å². The zero-order chi connectivity index (χ0) is 18.6. The predicted octanol–water partition coefficient (Wildman–Crippen LogP) is 1.81. The Hall–Kier alpha value is -1.97. The van der Waals surface area contributed by atoms with Gasteiger partial charge in [-0.2, -0.15) is 0 Å². The maximum Gasteiger partial charge on any atom is 0.573 e. The summed E-state index contributed by atoms with van der Waals surface area (Å²) in [4.78, 5) is 4.01. The molecule has 0 amide bonds. The molecule has 1 rings (SSSR count). The van der Waals surface area contributed by atoms with E-state index < -0.39 is 20.9 Å². The molecule has 136 valence electrons. The first-order chi connectivity index (χ1) is 10.8. The highest BCUT2D eigenvalue weighted by Crippen LogP contribution is 2.22. The van der Waals surface area contributed by atoms with Crippen LogP contribution in [0, 0.1) is 0 Å². The first kappa shape index (κ1) is 20.1. The van der Waals surface area contributed by atoms with Gasteiger partial charge < -0.3 is 15.8 Å². The van der Waals surface area contributed by atoms with Crippen LogP contribution in [0.4, 0.5) is 13.2 Å². The Morgan fingerprint density at radius 1 is 1.25 bits per heavy atom. The highest BCUT2D eigenvalue weighted by molar-refractivity contribution is 7.92. The third-order valence-corrected chi connectivity index (χ3v) is 5.44. The Labute approximate surface area is 138 Å². The fraction of sp³-hybridized carbons (Fsp3) is 0.500. The molecular formula is C14H20F3N3O3S. The van der Waals surface area contributed by atoms with Crippen molar-refractivity contribution in [2.75, 3.05) is 12.8 Å². The molecule has 0 spiro atoms. The number of nitrogens with one attached hydrogen (secondary N) is 1. The Balaban J connectivity index is 2.59. The molecule has 6 nitrogen and oxygen atoms in total. The topological polar surface area (TPSA) is 93.8 Å². The van der Waals surface area contributed by atoms with Crippen molar-refractivity contribution >= 4 is 15.8 Å².